The minimum Gasteiger partial charge on any atom is -0.372 e. The number of aryl methyl sites for hydroxylation is 1. The Labute approximate surface area is 165 Å². The van der Waals surface area contributed by atoms with E-state index in [9.17, 15) is 0 Å². The van der Waals surface area contributed by atoms with Crippen molar-refractivity contribution in [1.29, 1.82) is 0 Å². The molecule has 0 aliphatic heterocycles. The summed E-state index contributed by atoms with van der Waals surface area (Å²) in [6.45, 7) is 2.38. The van der Waals surface area contributed by atoms with Gasteiger partial charge in [0.15, 0.2) is 5.96 Å². The van der Waals surface area contributed by atoms with Gasteiger partial charge in [-0.15, -0.1) is 0 Å². The Morgan fingerprint density at radius 3 is 2.39 bits per heavy atom. The van der Waals surface area contributed by atoms with Crippen molar-refractivity contribution >= 4 is 5.96 Å². The molecule has 0 aliphatic rings. The first kappa shape index (κ1) is 19.6. The van der Waals surface area contributed by atoms with Gasteiger partial charge in [-0.1, -0.05) is 54.6 Å². The van der Waals surface area contributed by atoms with Crippen molar-refractivity contribution in [2.75, 3.05) is 7.05 Å². The monoisotopic (exact) mass is 378 g/mol. The number of guanidine groups is 1. The number of nitrogens with one attached hydrogen (secondary N) is 2. The lowest BCUT2D eigenvalue weighted by Gasteiger charge is -2.14. The molecule has 0 saturated heterocycles. The van der Waals surface area contributed by atoms with Crippen LogP contribution in [-0.2, 0) is 38.1 Å². The van der Waals surface area contributed by atoms with E-state index in [4.69, 9.17) is 4.74 Å². The van der Waals surface area contributed by atoms with E-state index >= 15 is 0 Å². The molecule has 0 unspecified atom stereocenters. The van der Waals surface area contributed by atoms with Crippen LogP contribution >= 0.6 is 0 Å². The SMILES string of the molecule is CN=C(NCc1ccccc1COCc1ccccc1)NCc1ncnn1C. The van der Waals surface area contributed by atoms with Crippen molar-refractivity contribution in [2.24, 2.45) is 12.0 Å². The summed E-state index contributed by atoms with van der Waals surface area (Å²) in [4.78, 5) is 8.47. The van der Waals surface area contributed by atoms with E-state index in [0.717, 1.165) is 11.4 Å². The summed E-state index contributed by atoms with van der Waals surface area (Å²) in [6, 6.07) is 18.5. The molecule has 7 heteroatoms. The molecule has 1 aromatic heterocycles. The molecule has 0 amide bonds. The van der Waals surface area contributed by atoms with E-state index in [-0.39, 0.29) is 0 Å². The molecule has 0 bridgehead atoms. The number of hydrogen-bond donors (Lipinski definition) is 2. The molecule has 146 valence electrons. The fourth-order valence-corrected chi connectivity index (χ4v) is 2.77. The number of benzene rings is 2. The Bertz CT molecular complexity index is 891. The summed E-state index contributed by atoms with van der Waals surface area (Å²) in [6.07, 6.45) is 1.54. The molecule has 0 atom stereocenters. The van der Waals surface area contributed by atoms with E-state index in [1.165, 1.54) is 11.1 Å². The summed E-state index contributed by atoms with van der Waals surface area (Å²) in [7, 11) is 3.62. The highest BCUT2D eigenvalue weighted by atomic mass is 16.5. The fourth-order valence-electron chi connectivity index (χ4n) is 2.77. The van der Waals surface area contributed by atoms with Crippen LogP contribution in [0.1, 0.15) is 22.5 Å². The van der Waals surface area contributed by atoms with E-state index in [1.807, 2.05) is 37.4 Å². The quantitative estimate of drug-likeness (QED) is 0.465. The van der Waals surface area contributed by atoms with Crippen LogP contribution in [0.3, 0.4) is 0 Å². The van der Waals surface area contributed by atoms with Gasteiger partial charge in [-0.25, -0.2) is 4.98 Å². The van der Waals surface area contributed by atoms with Gasteiger partial charge in [0.1, 0.15) is 12.2 Å². The maximum absolute atomic E-state index is 5.90. The zero-order valence-corrected chi connectivity index (χ0v) is 16.3. The van der Waals surface area contributed by atoms with Crippen LogP contribution in [-0.4, -0.2) is 27.8 Å². The molecule has 2 N–H and O–H groups in total. The molecule has 3 aromatic rings. The molecule has 0 saturated carbocycles. The second-order valence-electron chi connectivity index (χ2n) is 6.33. The van der Waals surface area contributed by atoms with Gasteiger partial charge in [-0.2, -0.15) is 5.10 Å². The molecule has 28 heavy (non-hydrogen) atoms. The molecular formula is C21H26N6O. The van der Waals surface area contributed by atoms with Gasteiger partial charge in [-0.3, -0.25) is 9.67 Å². The van der Waals surface area contributed by atoms with Gasteiger partial charge in [0.05, 0.1) is 19.8 Å². The second kappa shape index (κ2) is 10.2. The van der Waals surface area contributed by atoms with Crippen LogP contribution in [0.15, 0.2) is 65.9 Å². The Morgan fingerprint density at radius 1 is 0.964 bits per heavy atom. The third-order valence-corrected chi connectivity index (χ3v) is 4.38. The largest absolute Gasteiger partial charge is 0.372 e. The van der Waals surface area contributed by atoms with Gasteiger partial charge in [-0.05, 0) is 16.7 Å². The number of rotatable bonds is 8. The fraction of sp³-hybridized carbons (Fsp3) is 0.286. The van der Waals surface area contributed by atoms with Gasteiger partial charge >= 0.3 is 0 Å². The van der Waals surface area contributed by atoms with Crippen molar-refractivity contribution in [3.8, 4) is 0 Å². The Hall–Kier alpha value is -3.19. The Morgan fingerprint density at radius 2 is 1.68 bits per heavy atom. The van der Waals surface area contributed by atoms with Crippen molar-refractivity contribution in [2.45, 2.75) is 26.3 Å². The van der Waals surface area contributed by atoms with Crippen molar-refractivity contribution < 1.29 is 4.74 Å². The second-order valence-corrected chi connectivity index (χ2v) is 6.33. The van der Waals surface area contributed by atoms with E-state index in [2.05, 4.69) is 50.0 Å². The number of nitrogens with zero attached hydrogens (tertiary/aromatic N) is 4. The average molecular weight is 378 g/mol. The van der Waals surface area contributed by atoms with E-state index in [0.29, 0.717) is 32.3 Å². The molecule has 1 heterocycles. The third kappa shape index (κ3) is 5.65. The average Bonchev–Trinajstić information content (AvgIpc) is 3.14. The lowest BCUT2D eigenvalue weighted by Crippen LogP contribution is -2.37. The van der Waals surface area contributed by atoms with Crippen LogP contribution < -0.4 is 10.6 Å². The van der Waals surface area contributed by atoms with Crippen LogP contribution in [0.25, 0.3) is 0 Å². The number of aromatic nitrogens is 3. The summed E-state index contributed by atoms with van der Waals surface area (Å²) >= 11 is 0. The van der Waals surface area contributed by atoms with Gasteiger partial charge in [0, 0.05) is 20.6 Å². The van der Waals surface area contributed by atoms with Gasteiger partial charge in [0.2, 0.25) is 0 Å². The normalized spacial score (nSPS) is 11.4. The van der Waals surface area contributed by atoms with Gasteiger partial charge in [0.25, 0.3) is 0 Å². The number of aliphatic imine (C=N–C) groups is 1. The lowest BCUT2D eigenvalue weighted by molar-refractivity contribution is 0.106. The first-order valence-electron chi connectivity index (χ1n) is 9.22. The maximum atomic E-state index is 5.90. The summed E-state index contributed by atoms with van der Waals surface area (Å²) in [5.41, 5.74) is 3.51. The lowest BCUT2D eigenvalue weighted by atomic mass is 10.1. The topological polar surface area (TPSA) is 76.4 Å². The van der Waals surface area contributed by atoms with Crippen molar-refractivity contribution in [3.63, 3.8) is 0 Å². The smallest absolute Gasteiger partial charge is 0.191 e. The van der Waals surface area contributed by atoms with Crippen molar-refractivity contribution in [1.82, 2.24) is 25.4 Å². The first-order chi connectivity index (χ1) is 13.8. The predicted octanol–water partition coefficient (Wildman–Crippen LogP) is 2.40. The predicted molar refractivity (Wildman–Crippen MR) is 109 cm³/mol. The molecule has 3 rings (SSSR count). The summed E-state index contributed by atoms with van der Waals surface area (Å²) in [5, 5.41) is 10.7. The number of ether oxygens (including phenoxy) is 1. The maximum Gasteiger partial charge on any atom is 0.191 e. The Kier molecular flexibility index (Phi) is 7.14. The molecule has 0 fully saturated rings. The molecule has 2 aromatic carbocycles. The van der Waals surface area contributed by atoms with Gasteiger partial charge < -0.3 is 15.4 Å². The van der Waals surface area contributed by atoms with Crippen LogP contribution in [0.2, 0.25) is 0 Å². The standard InChI is InChI=1S/C21H26N6O/c1-22-21(24-13-20-25-16-26-27(20)2)23-12-18-10-6-7-11-19(18)15-28-14-17-8-4-3-5-9-17/h3-11,16H,12-15H2,1-2H3,(H2,22,23,24). The number of hydrogen-bond acceptors (Lipinski definition) is 4. The van der Waals surface area contributed by atoms with Crippen molar-refractivity contribution in [3.05, 3.63) is 83.4 Å². The zero-order chi connectivity index (χ0) is 19.6. The highest BCUT2D eigenvalue weighted by molar-refractivity contribution is 5.79. The molecule has 7 nitrogen and oxygen atoms in total. The minimum absolute atomic E-state index is 0.554. The molecule has 0 radical (unpaired) electrons. The summed E-state index contributed by atoms with van der Waals surface area (Å²) < 4.78 is 7.63. The minimum atomic E-state index is 0.554. The van der Waals surface area contributed by atoms with E-state index in [1.54, 1.807) is 18.1 Å². The third-order valence-electron chi connectivity index (χ3n) is 4.38. The molecule has 0 spiro atoms. The van der Waals surface area contributed by atoms with Crippen LogP contribution in [0, 0.1) is 0 Å². The molecule has 0 aliphatic carbocycles. The van der Waals surface area contributed by atoms with Crippen LogP contribution in [0.4, 0.5) is 0 Å². The van der Waals surface area contributed by atoms with E-state index < -0.39 is 0 Å². The molecular weight excluding hydrogens is 352 g/mol. The highest BCUT2D eigenvalue weighted by Gasteiger charge is 2.06. The highest BCUT2D eigenvalue weighted by Crippen LogP contribution is 2.11. The zero-order valence-electron chi connectivity index (χ0n) is 16.3. The van der Waals surface area contributed by atoms with Crippen LogP contribution in [0.5, 0.6) is 0 Å². The summed E-state index contributed by atoms with van der Waals surface area (Å²) in [5.74, 6) is 1.56. The Balaban J connectivity index is 1.51. The first-order valence-corrected chi connectivity index (χ1v) is 9.22.